The molecule has 1 atom stereocenters. The van der Waals surface area contributed by atoms with E-state index in [1.165, 1.54) is 11.1 Å². The molecule has 0 spiro atoms. The number of rotatable bonds is 7. The molecule has 0 radical (unpaired) electrons. The van der Waals surface area contributed by atoms with E-state index in [1.807, 2.05) is 13.8 Å². The topological polar surface area (TPSA) is 23.5 Å². The Kier molecular flexibility index (Phi) is 5.54. The summed E-state index contributed by atoms with van der Waals surface area (Å²) in [5.41, 5.74) is 1.99. The Bertz CT molecular complexity index is 540. The quantitative estimate of drug-likeness (QED) is 0.782. The van der Waals surface area contributed by atoms with E-state index >= 15 is 0 Å². The molecule has 2 nitrogen and oxygen atoms in total. The molecule has 1 aliphatic heterocycles. The fraction of sp³-hybridized carbons (Fsp3) is 0.474. The monoisotopic (exact) mass is 319 g/mol. The lowest BCUT2D eigenvalue weighted by molar-refractivity contribution is 0.0774. The van der Waals surface area contributed by atoms with E-state index in [1.54, 1.807) is 0 Å². The number of allylic oxidation sites excluding steroid dienone is 2. The zero-order chi connectivity index (χ0) is 16.2. The molecule has 1 N–H and O–H groups in total. The number of hydrogen-bond acceptors (Lipinski definition) is 2. The number of aliphatic hydroxyl groups is 1. The molecule has 0 aromatic heterocycles. The van der Waals surface area contributed by atoms with Crippen LogP contribution in [0.2, 0.25) is 0 Å². The summed E-state index contributed by atoms with van der Waals surface area (Å²) in [5, 5.41) is 15.0. The summed E-state index contributed by atoms with van der Waals surface area (Å²) >= 11 is 0. The average molecular weight is 320 g/mol. The summed E-state index contributed by atoms with van der Waals surface area (Å²) in [4.78, 5) is 0. The van der Waals surface area contributed by atoms with Crippen LogP contribution in [0.5, 0.6) is 0 Å². The summed E-state index contributed by atoms with van der Waals surface area (Å²) in [5.74, 6) is 1.02. The van der Waals surface area contributed by atoms with Crippen LogP contribution in [0.3, 0.4) is 0 Å². The van der Waals surface area contributed by atoms with Gasteiger partial charge in [-0.2, -0.15) is 0 Å². The molecule has 0 bridgehead atoms. The van der Waals surface area contributed by atoms with E-state index in [9.17, 15) is 5.11 Å². The average Bonchev–Trinajstić information content (AvgIpc) is 2.92. The van der Waals surface area contributed by atoms with Gasteiger partial charge in [-0.1, -0.05) is 44.2 Å². The third-order valence-electron chi connectivity index (χ3n) is 4.15. The van der Waals surface area contributed by atoms with Crippen LogP contribution in [0.15, 0.2) is 47.2 Å². The summed E-state index contributed by atoms with van der Waals surface area (Å²) in [6.07, 6.45) is 3.09. The van der Waals surface area contributed by atoms with Gasteiger partial charge in [-0.05, 0) is 54.0 Å². The fourth-order valence-electron chi connectivity index (χ4n) is 2.82. The summed E-state index contributed by atoms with van der Waals surface area (Å²) < 4.78 is 2.56. The third kappa shape index (κ3) is 4.03. The molecular formula is C19H29NOS. The van der Waals surface area contributed by atoms with Gasteiger partial charge < -0.3 is 5.11 Å². The van der Waals surface area contributed by atoms with Crippen LogP contribution in [0.4, 0.5) is 0 Å². The predicted molar refractivity (Wildman–Crippen MR) is 99.9 cm³/mol. The highest BCUT2D eigenvalue weighted by atomic mass is 32.3. The smallest absolute Gasteiger partial charge is 0.0599 e. The van der Waals surface area contributed by atoms with Crippen molar-refractivity contribution in [3.63, 3.8) is 0 Å². The molecule has 122 valence electrons. The maximum atomic E-state index is 10.2. The number of hydrogen-bond donors (Lipinski definition) is 1. The SMILES string of the molecule is CCN(CC)S1(CCC(C)(C)O)C=CC(c2ccccc2)=C1. The lowest BCUT2D eigenvalue weighted by Gasteiger charge is -2.43. The zero-order valence-electron chi connectivity index (χ0n) is 14.2. The van der Waals surface area contributed by atoms with Crippen molar-refractivity contribution in [1.29, 1.82) is 0 Å². The van der Waals surface area contributed by atoms with E-state index in [-0.39, 0.29) is 0 Å². The lowest BCUT2D eigenvalue weighted by Crippen LogP contribution is -2.30. The minimum atomic E-state index is -1.10. The van der Waals surface area contributed by atoms with Gasteiger partial charge in [-0.15, -0.1) is 10.2 Å². The molecule has 1 aliphatic rings. The molecule has 1 heterocycles. The molecule has 3 heteroatoms. The summed E-state index contributed by atoms with van der Waals surface area (Å²) in [6, 6.07) is 10.6. The first kappa shape index (κ1) is 17.3. The van der Waals surface area contributed by atoms with Crippen LogP contribution in [0.1, 0.15) is 39.7 Å². The standard InChI is InChI=1S/C19H29NOS/c1-5-20(6-2)22(15-13-19(3,4)21)14-12-18(16-22)17-10-8-7-9-11-17/h7-12,14,16,21H,5-6,13,15H2,1-4H3. The van der Waals surface area contributed by atoms with Crippen molar-refractivity contribution in [2.24, 2.45) is 0 Å². The molecule has 22 heavy (non-hydrogen) atoms. The fourth-order valence-corrected chi connectivity index (χ4v) is 6.56. The van der Waals surface area contributed by atoms with Gasteiger partial charge in [0.05, 0.1) is 5.60 Å². The molecule has 0 aliphatic carbocycles. The maximum Gasteiger partial charge on any atom is 0.0599 e. The van der Waals surface area contributed by atoms with E-state index in [0.717, 1.165) is 25.3 Å². The van der Waals surface area contributed by atoms with Crippen molar-refractivity contribution in [2.45, 2.75) is 39.7 Å². The maximum absolute atomic E-state index is 10.2. The van der Waals surface area contributed by atoms with Crippen molar-refractivity contribution in [2.75, 3.05) is 18.8 Å². The van der Waals surface area contributed by atoms with Crippen molar-refractivity contribution < 1.29 is 5.11 Å². The Hall–Kier alpha value is -1.03. The molecule has 0 saturated heterocycles. The van der Waals surface area contributed by atoms with E-state index in [2.05, 4.69) is 65.4 Å². The highest BCUT2D eigenvalue weighted by Crippen LogP contribution is 2.60. The zero-order valence-corrected chi connectivity index (χ0v) is 15.1. The van der Waals surface area contributed by atoms with Gasteiger partial charge >= 0.3 is 0 Å². The Labute approximate surface area is 137 Å². The van der Waals surface area contributed by atoms with Crippen LogP contribution in [-0.4, -0.2) is 33.9 Å². The van der Waals surface area contributed by atoms with Crippen molar-refractivity contribution in [3.05, 3.63) is 52.8 Å². The lowest BCUT2D eigenvalue weighted by atomic mass is 10.1. The summed E-state index contributed by atoms with van der Waals surface area (Å²) in [6.45, 7) is 10.3. The highest BCUT2D eigenvalue weighted by molar-refractivity contribution is 8.36. The second-order valence-electron chi connectivity index (χ2n) is 6.43. The minimum Gasteiger partial charge on any atom is -0.390 e. The van der Waals surface area contributed by atoms with Gasteiger partial charge in [0.2, 0.25) is 0 Å². The van der Waals surface area contributed by atoms with Gasteiger partial charge in [0.15, 0.2) is 0 Å². The first-order valence-corrected chi connectivity index (χ1v) is 10.0. The summed E-state index contributed by atoms with van der Waals surface area (Å²) in [7, 11) is -1.10. The van der Waals surface area contributed by atoms with E-state index < -0.39 is 15.8 Å². The number of benzene rings is 1. The molecule has 1 unspecified atom stereocenters. The highest BCUT2D eigenvalue weighted by Gasteiger charge is 2.30. The normalized spacial score (nSPS) is 24.4. The van der Waals surface area contributed by atoms with Crippen LogP contribution in [-0.2, 0) is 0 Å². The third-order valence-corrected chi connectivity index (χ3v) is 7.75. The van der Waals surface area contributed by atoms with E-state index in [0.29, 0.717) is 0 Å². The van der Waals surface area contributed by atoms with Crippen molar-refractivity contribution in [1.82, 2.24) is 4.31 Å². The molecule has 2 rings (SSSR count). The minimum absolute atomic E-state index is 0.607. The molecular weight excluding hydrogens is 290 g/mol. The van der Waals surface area contributed by atoms with E-state index in [4.69, 9.17) is 0 Å². The molecule has 0 saturated carbocycles. The van der Waals surface area contributed by atoms with Crippen molar-refractivity contribution in [3.8, 4) is 0 Å². The van der Waals surface area contributed by atoms with Crippen molar-refractivity contribution >= 4 is 15.8 Å². The Morgan fingerprint density at radius 1 is 1.09 bits per heavy atom. The Morgan fingerprint density at radius 3 is 2.27 bits per heavy atom. The van der Waals surface area contributed by atoms with Crippen LogP contribution >= 0.6 is 10.2 Å². The molecule has 1 aromatic carbocycles. The Morgan fingerprint density at radius 2 is 1.73 bits per heavy atom. The first-order chi connectivity index (χ1) is 10.4. The van der Waals surface area contributed by atoms with Gasteiger partial charge in [0.1, 0.15) is 0 Å². The number of nitrogens with zero attached hydrogens (tertiary/aromatic N) is 1. The van der Waals surface area contributed by atoms with Crippen LogP contribution < -0.4 is 0 Å². The molecule has 0 fully saturated rings. The first-order valence-electron chi connectivity index (χ1n) is 8.14. The van der Waals surface area contributed by atoms with Gasteiger partial charge in [0, 0.05) is 13.1 Å². The van der Waals surface area contributed by atoms with Gasteiger partial charge in [0.25, 0.3) is 0 Å². The van der Waals surface area contributed by atoms with Crippen LogP contribution in [0.25, 0.3) is 5.57 Å². The van der Waals surface area contributed by atoms with Gasteiger partial charge in [-0.25, -0.2) is 0 Å². The second-order valence-corrected chi connectivity index (χ2v) is 9.48. The van der Waals surface area contributed by atoms with Gasteiger partial charge in [-0.3, -0.25) is 4.31 Å². The second kappa shape index (κ2) is 7.03. The van der Waals surface area contributed by atoms with Crippen LogP contribution in [0, 0.1) is 0 Å². The Balaban J connectivity index is 2.31. The molecule has 0 amide bonds. The molecule has 1 aromatic rings. The largest absolute Gasteiger partial charge is 0.390 e. The predicted octanol–water partition coefficient (Wildman–Crippen LogP) is 4.78.